The van der Waals surface area contributed by atoms with E-state index in [0.29, 0.717) is 24.3 Å². The smallest absolute Gasteiger partial charge is 0.224 e. The van der Waals surface area contributed by atoms with Crippen molar-refractivity contribution in [3.05, 3.63) is 24.0 Å². The maximum Gasteiger partial charge on any atom is 0.224 e. The van der Waals surface area contributed by atoms with Crippen molar-refractivity contribution >= 4 is 17.3 Å². The van der Waals surface area contributed by atoms with Gasteiger partial charge in [0.15, 0.2) is 0 Å². The molecule has 0 bridgehead atoms. The molecular weight excluding hydrogens is 245 g/mol. The number of nitrogens with one attached hydrogen (secondary N) is 1. The van der Waals surface area contributed by atoms with Crippen molar-refractivity contribution in [2.45, 2.75) is 25.7 Å². The quantitative estimate of drug-likeness (QED) is 0.821. The minimum absolute atomic E-state index is 0.142. The Hall–Kier alpha value is -1.78. The summed E-state index contributed by atoms with van der Waals surface area (Å²) < 4.78 is 13.5. The molecule has 0 atom stereocenters. The number of halogens is 1. The Morgan fingerprint density at radius 3 is 2.74 bits per heavy atom. The SMILES string of the molecule is Nc1ccc(NCCC(=O)N2CCCCC2)c(F)c1. The number of rotatable bonds is 4. The van der Waals surface area contributed by atoms with Crippen LogP contribution in [-0.4, -0.2) is 30.4 Å². The predicted molar refractivity (Wildman–Crippen MR) is 74.4 cm³/mol. The molecule has 0 aromatic heterocycles. The van der Waals surface area contributed by atoms with E-state index in [-0.39, 0.29) is 11.7 Å². The summed E-state index contributed by atoms with van der Waals surface area (Å²) in [6, 6.07) is 4.50. The van der Waals surface area contributed by atoms with Crippen molar-refractivity contribution in [2.75, 3.05) is 30.7 Å². The van der Waals surface area contributed by atoms with E-state index in [1.54, 1.807) is 12.1 Å². The van der Waals surface area contributed by atoms with E-state index in [0.717, 1.165) is 25.9 Å². The minimum Gasteiger partial charge on any atom is -0.399 e. The highest BCUT2D eigenvalue weighted by atomic mass is 19.1. The van der Waals surface area contributed by atoms with Crippen LogP contribution in [-0.2, 0) is 4.79 Å². The molecule has 2 rings (SSSR count). The van der Waals surface area contributed by atoms with Gasteiger partial charge >= 0.3 is 0 Å². The first-order valence-corrected chi connectivity index (χ1v) is 6.73. The molecule has 0 radical (unpaired) electrons. The second-order valence-electron chi connectivity index (χ2n) is 4.86. The lowest BCUT2D eigenvalue weighted by Gasteiger charge is -2.26. The normalized spacial score (nSPS) is 15.3. The first kappa shape index (κ1) is 13.6. The third-order valence-electron chi connectivity index (χ3n) is 3.36. The van der Waals surface area contributed by atoms with Crippen LogP contribution < -0.4 is 11.1 Å². The highest BCUT2D eigenvalue weighted by Crippen LogP contribution is 2.17. The van der Waals surface area contributed by atoms with Crippen molar-refractivity contribution in [3.8, 4) is 0 Å². The fourth-order valence-electron chi connectivity index (χ4n) is 2.28. The first-order chi connectivity index (χ1) is 9.16. The lowest BCUT2D eigenvalue weighted by molar-refractivity contribution is -0.131. The fraction of sp³-hybridized carbons (Fsp3) is 0.500. The lowest BCUT2D eigenvalue weighted by Crippen LogP contribution is -2.36. The molecule has 3 N–H and O–H groups in total. The van der Waals surface area contributed by atoms with Crippen LogP contribution in [0.5, 0.6) is 0 Å². The van der Waals surface area contributed by atoms with E-state index in [1.807, 2.05) is 4.90 Å². The molecule has 104 valence electrons. The summed E-state index contributed by atoms with van der Waals surface area (Å²) in [7, 11) is 0. The van der Waals surface area contributed by atoms with Gasteiger partial charge in [-0.2, -0.15) is 0 Å². The van der Waals surface area contributed by atoms with Crippen molar-refractivity contribution in [3.63, 3.8) is 0 Å². The number of carbonyl (C=O) groups is 1. The second-order valence-corrected chi connectivity index (χ2v) is 4.86. The molecule has 1 saturated heterocycles. The number of amides is 1. The van der Waals surface area contributed by atoms with Crippen LogP contribution in [0.15, 0.2) is 18.2 Å². The summed E-state index contributed by atoms with van der Waals surface area (Å²) in [5.41, 5.74) is 6.26. The van der Waals surface area contributed by atoms with Gasteiger partial charge in [-0.05, 0) is 37.5 Å². The average molecular weight is 265 g/mol. The van der Waals surface area contributed by atoms with Gasteiger partial charge in [0, 0.05) is 31.7 Å². The van der Waals surface area contributed by atoms with Gasteiger partial charge in [-0.3, -0.25) is 4.79 Å². The zero-order valence-electron chi connectivity index (χ0n) is 11.0. The standard InChI is InChI=1S/C14H20FN3O/c15-12-10-11(16)4-5-13(12)17-7-6-14(19)18-8-2-1-3-9-18/h4-5,10,17H,1-3,6-9,16H2. The van der Waals surface area contributed by atoms with Crippen LogP contribution in [0.2, 0.25) is 0 Å². The van der Waals surface area contributed by atoms with Gasteiger partial charge in [0.25, 0.3) is 0 Å². The molecule has 0 saturated carbocycles. The van der Waals surface area contributed by atoms with Gasteiger partial charge in [-0.1, -0.05) is 0 Å². The lowest BCUT2D eigenvalue weighted by atomic mass is 10.1. The number of hydrogen-bond donors (Lipinski definition) is 2. The molecule has 0 unspecified atom stereocenters. The van der Waals surface area contributed by atoms with Gasteiger partial charge in [0.05, 0.1) is 5.69 Å². The van der Waals surface area contributed by atoms with Crippen LogP contribution in [0, 0.1) is 5.82 Å². The Morgan fingerprint density at radius 1 is 1.32 bits per heavy atom. The second kappa shape index (κ2) is 6.41. The van der Waals surface area contributed by atoms with Gasteiger partial charge in [0.1, 0.15) is 5.82 Å². The molecular formula is C14H20FN3O. The number of benzene rings is 1. The molecule has 0 spiro atoms. The van der Waals surface area contributed by atoms with Crippen LogP contribution in [0.25, 0.3) is 0 Å². The minimum atomic E-state index is -0.384. The number of piperidine rings is 1. The van der Waals surface area contributed by atoms with E-state index in [9.17, 15) is 9.18 Å². The van der Waals surface area contributed by atoms with Crippen molar-refractivity contribution < 1.29 is 9.18 Å². The van der Waals surface area contributed by atoms with Crippen molar-refractivity contribution in [2.24, 2.45) is 0 Å². The molecule has 1 fully saturated rings. The molecule has 19 heavy (non-hydrogen) atoms. The first-order valence-electron chi connectivity index (χ1n) is 6.73. The Labute approximate surface area is 112 Å². The number of nitrogens with two attached hydrogens (primary N) is 1. The number of carbonyl (C=O) groups excluding carboxylic acids is 1. The molecule has 1 heterocycles. The largest absolute Gasteiger partial charge is 0.399 e. The monoisotopic (exact) mass is 265 g/mol. The molecule has 0 aliphatic carbocycles. The molecule has 5 heteroatoms. The van der Waals surface area contributed by atoms with Gasteiger partial charge in [-0.25, -0.2) is 4.39 Å². The summed E-state index contributed by atoms with van der Waals surface area (Å²) >= 11 is 0. The topological polar surface area (TPSA) is 58.4 Å². The van der Waals surface area contributed by atoms with E-state index in [1.165, 1.54) is 12.5 Å². The Balaban J connectivity index is 1.78. The summed E-state index contributed by atoms with van der Waals surface area (Å²) in [6.07, 6.45) is 3.78. The number of nitrogen functional groups attached to an aromatic ring is 1. The summed E-state index contributed by atoms with van der Waals surface area (Å²) in [5, 5.41) is 2.93. The van der Waals surface area contributed by atoms with E-state index < -0.39 is 0 Å². The number of hydrogen-bond acceptors (Lipinski definition) is 3. The van der Waals surface area contributed by atoms with Crippen LogP contribution in [0.4, 0.5) is 15.8 Å². The number of likely N-dealkylation sites (tertiary alicyclic amines) is 1. The van der Waals surface area contributed by atoms with E-state index in [4.69, 9.17) is 5.73 Å². The molecule has 1 aliphatic rings. The predicted octanol–water partition coefficient (Wildman–Crippen LogP) is 2.22. The van der Waals surface area contributed by atoms with E-state index in [2.05, 4.69) is 5.32 Å². The Morgan fingerprint density at radius 2 is 2.05 bits per heavy atom. The highest BCUT2D eigenvalue weighted by molar-refractivity contribution is 5.76. The number of nitrogens with zero attached hydrogens (tertiary/aromatic N) is 1. The van der Waals surface area contributed by atoms with Crippen LogP contribution in [0.1, 0.15) is 25.7 Å². The van der Waals surface area contributed by atoms with E-state index >= 15 is 0 Å². The fourth-order valence-corrected chi connectivity index (χ4v) is 2.28. The summed E-state index contributed by atoms with van der Waals surface area (Å²) in [6.45, 7) is 2.15. The number of anilines is 2. The Bertz CT molecular complexity index is 444. The van der Waals surface area contributed by atoms with Gasteiger partial charge in [-0.15, -0.1) is 0 Å². The summed E-state index contributed by atoms with van der Waals surface area (Å²) in [4.78, 5) is 13.8. The third kappa shape index (κ3) is 3.84. The zero-order valence-corrected chi connectivity index (χ0v) is 11.0. The van der Waals surface area contributed by atoms with Gasteiger partial charge < -0.3 is 16.0 Å². The Kier molecular flexibility index (Phi) is 4.60. The summed E-state index contributed by atoms with van der Waals surface area (Å²) in [5.74, 6) is -0.242. The maximum absolute atomic E-state index is 13.5. The van der Waals surface area contributed by atoms with Crippen molar-refractivity contribution in [1.29, 1.82) is 0 Å². The molecule has 1 aliphatic heterocycles. The molecule has 1 amide bonds. The van der Waals surface area contributed by atoms with Crippen LogP contribution in [0.3, 0.4) is 0 Å². The molecule has 4 nitrogen and oxygen atoms in total. The van der Waals surface area contributed by atoms with Crippen LogP contribution >= 0.6 is 0 Å². The van der Waals surface area contributed by atoms with Gasteiger partial charge in [0.2, 0.25) is 5.91 Å². The molecule has 1 aromatic rings. The zero-order chi connectivity index (χ0) is 13.7. The van der Waals surface area contributed by atoms with Crippen molar-refractivity contribution in [1.82, 2.24) is 4.90 Å². The highest BCUT2D eigenvalue weighted by Gasteiger charge is 2.15. The average Bonchev–Trinajstić information content (AvgIpc) is 2.42. The third-order valence-corrected chi connectivity index (χ3v) is 3.36. The molecule has 1 aromatic carbocycles. The maximum atomic E-state index is 13.5.